The molecule has 0 radical (unpaired) electrons. The van der Waals surface area contributed by atoms with E-state index in [1.165, 1.54) is 18.3 Å². The van der Waals surface area contributed by atoms with E-state index in [1.54, 1.807) is 6.07 Å². The minimum atomic E-state index is -4.61. The second kappa shape index (κ2) is 5.54. The number of hydrogen-bond donors (Lipinski definition) is 1. The van der Waals surface area contributed by atoms with E-state index < -0.39 is 35.9 Å². The van der Waals surface area contributed by atoms with Crippen LogP contribution in [-0.2, 0) is 11.0 Å². The molecule has 3 nitrogen and oxygen atoms in total. The number of hydrogen-bond acceptors (Lipinski definition) is 2. The van der Waals surface area contributed by atoms with E-state index in [2.05, 4.69) is 10.3 Å². The molecule has 1 aromatic heterocycles. The quantitative estimate of drug-likeness (QED) is 0.842. The van der Waals surface area contributed by atoms with Crippen LogP contribution in [-0.4, -0.2) is 16.8 Å². The van der Waals surface area contributed by atoms with E-state index in [4.69, 9.17) is 0 Å². The summed E-state index contributed by atoms with van der Waals surface area (Å²) >= 11 is 0. The third kappa shape index (κ3) is 3.22. The number of anilines is 1. The monoisotopic (exact) mass is 342 g/mol. The molecule has 1 fully saturated rings. The van der Waals surface area contributed by atoms with E-state index in [1.807, 2.05) is 0 Å². The van der Waals surface area contributed by atoms with Crippen LogP contribution in [0, 0.1) is 5.92 Å². The van der Waals surface area contributed by atoms with Crippen LogP contribution in [0.25, 0.3) is 11.3 Å². The van der Waals surface area contributed by atoms with E-state index in [-0.39, 0.29) is 16.9 Å². The summed E-state index contributed by atoms with van der Waals surface area (Å²) in [6.07, 6.45) is -3.82. The number of halogens is 5. The van der Waals surface area contributed by atoms with Crippen molar-refractivity contribution in [3.05, 3.63) is 48.2 Å². The highest BCUT2D eigenvalue weighted by Gasteiger charge is 2.61. The van der Waals surface area contributed by atoms with Crippen molar-refractivity contribution in [3.63, 3.8) is 0 Å². The van der Waals surface area contributed by atoms with Crippen LogP contribution in [0.2, 0.25) is 0 Å². The lowest BCUT2D eigenvalue weighted by molar-refractivity contribution is -0.137. The molecule has 1 aromatic carbocycles. The number of aromatic nitrogens is 1. The number of amides is 1. The highest BCUT2D eigenvalue weighted by molar-refractivity contribution is 5.96. The van der Waals surface area contributed by atoms with E-state index in [0.29, 0.717) is 0 Å². The zero-order valence-electron chi connectivity index (χ0n) is 12.1. The van der Waals surface area contributed by atoms with Crippen molar-refractivity contribution in [3.8, 4) is 11.3 Å². The van der Waals surface area contributed by atoms with Crippen LogP contribution in [0.3, 0.4) is 0 Å². The van der Waals surface area contributed by atoms with Crippen LogP contribution in [0.4, 0.5) is 27.6 Å². The second-order valence-electron chi connectivity index (χ2n) is 5.48. The molecule has 0 bridgehead atoms. The number of nitrogens with one attached hydrogen (secondary N) is 1. The largest absolute Gasteiger partial charge is 0.417 e. The van der Waals surface area contributed by atoms with Crippen molar-refractivity contribution < 1.29 is 26.7 Å². The fraction of sp³-hybridized carbons (Fsp3) is 0.250. The third-order valence-corrected chi connectivity index (χ3v) is 3.68. The molecule has 1 heterocycles. The highest BCUT2D eigenvalue weighted by Crippen LogP contribution is 2.49. The SMILES string of the molecule is O=C(Nc1ccc(C(F)(F)F)c(-c2ccccn2)c1)[C@H]1CC1(F)F. The molecule has 0 spiro atoms. The summed E-state index contributed by atoms with van der Waals surface area (Å²) in [6.45, 7) is 0. The number of pyridine rings is 1. The Morgan fingerprint density at radius 3 is 2.46 bits per heavy atom. The van der Waals surface area contributed by atoms with Crippen molar-refractivity contribution in [1.29, 1.82) is 0 Å². The molecule has 126 valence electrons. The first-order valence-electron chi connectivity index (χ1n) is 7.00. The van der Waals surface area contributed by atoms with Crippen molar-refractivity contribution >= 4 is 11.6 Å². The molecular formula is C16H11F5N2O. The number of carbonyl (C=O) groups excluding carboxylic acids is 1. The van der Waals surface area contributed by atoms with Gasteiger partial charge in [0.05, 0.1) is 11.3 Å². The van der Waals surface area contributed by atoms with Gasteiger partial charge < -0.3 is 5.32 Å². The maximum Gasteiger partial charge on any atom is 0.417 e. The maximum absolute atomic E-state index is 13.2. The topological polar surface area (TPSA) is 42.0 Å². The molecule has 1 amide bonds. The summed E-state index contributed by atoms with van der Waals surface area (Å²) in [5.41, 5.74) is -1.08. The highest BCUT2D eigenvalue weighted by atomic mass is 19.4. The molecule has 1 aliphatic carbocycles. The van der Waals surface area contributed by atoms with Crippen molar-refractivity contribution in [1.82, 2.24) is 4.98 Å². The molecule has 1 atom stereocenters. The first kappa shape index (κ1) is 16.4. The van der Waals surface area contributed by atoms with Crippen LogP contribution in [0.5, 0.6) is 0 Å². The molecule has 1 saturated carbocycles. The summed E-state index contributed by atoms with van der Waals surface area (Å²) in [5, 5.41) is 2.23. The van der Waals surface area contributed by atoms with Gasteiger partial charge >= 0.3 is 6.18 Å². The van der Waals surface area contributed by atoms with Crippen LogP contribution in [0.15, 0.2) is 42.6 Å². The van der Waals surface area contributed by atoms with E-state index in [0.717, 1.165) is 18.2 Å². The average molecular weight is 342 g/mol. The number of rotatable bonds is 3. The molecule has 0 aliphatic heterocycles. The molecule has 0 saturated heterocycles. The van der Waals surface area contributed by atoms with Crippen LogP contribution < -0.4 is 5.32 Å². The Morgan fingerprint density at radius 1 is 1.21 bits per heavy atom. The van der Waals surface area contributed by atoms with Gasteiger partial charge in [0.15, 0.2) is 0 Å². The number of nitrogens with zero attached hydrogens (tertiary/aromatic N) is 1. The molecule has 8 heteroatoms. The van der Waals surface area contributed by atoms with Crippen LogP contribution >= 0.6 is 0 Å². The minimum Gasteiger partial charge on any atom is -0.326 e. The van der Waals surface area contributed by atoms with Gasteiger partial charge in [-0.1, -0.05) is 6.07 Å². The Kier molecular flexibility index (Phi) is 3.77. The van der Waals surface area contributed by atoms with Crippen molar-refractivity contribution in [2.24, 2.45) is 5.92 Å². The molecule has 0 unspecified atom stereocenters. The van der Waals surface area contributed by atoms with Gasteiger partial charge in [0.2, 0.25) is 5.91 Å². The van der Waals surface area contributed by atoms with Gasteiger partial charge in [-0.25, -0.2) is 8.78 Å². The standard InChI is InChI=1S/C16H11F5N2O/c17-15(18)8-12(15)14(24)23-9-4-5-11(16(19,20)21)10(7-9)13-3-1-2-6-22-13/h1-7,12H,8H2,(H,23,24)/t12-/m1/s1. The Balaban J connectivity index is 1.94. The lowest BCUT2D eigenvalue weighted by Gasteiger charge is -2.14. The maximum atomic E-state index is 13.2. The zero-order chi connectivity index (χ0) is 17.5. The lowest BCUT2D eigenvalue weighted by Crippen LogP contribution is -2.18. The lowest BCUT2D eigenvalue weighted by atomic mass is 10.0. The van der Waals surface area contributed by atoms with Gasteiger partial charge in [-0.05, 0) is 30.3 Å². The third-order valence-electron chi connectivity index (χ3n) is 3.68. The van der Waals surface area contributed by atoms with E-state index in [9.17, 15) is 26.7 Å². The predicted molar refractivity (Wildman–Crippen MR) is 76.4 cm³/mol. The smallest absolute Gasteiger partial charge is 0.326 e. The summed E-state index contributed by atoms with van der Waals surface area (Å²) in [6, 6.07) is 7.39. The number of alkyl halides is 5. The first-order chi connectivity index (χ1) is 11.2. The van der Waals surface area contributed by atoms with Gasteiger partial charge in [0.1, 0.15) is 5.92 Å². The Labute approximate surface area is 133 Å². The van der Waals surface area contributed by atoms with Crippen LogP contribution in [0.1, 0.15) is 12.0 Å². The minimum absolute atomic E-state index is 0.0105. The molecule has 1 N–H and O–H groups in total. The molecular weight excluding hydrogens is 331 g/mol. The predicted octanol–water partition coefficient (Wildman–Crippen LogP) is 4.36. The summed E-state index contributed by atoms with van der Waals surface area (Å²) in [7, 11) is 0. The molecule has 24 heavy (non-hydrogen) atoms. The number of benzene rings is 1. The average Bonchev–Trinajstić information content (AvgIpc) is 3.16. The van der Waals surface area contributed by atoms with Crippen molar-refractivity contribution in [2.75, 3.05) is 5.32 Å². The molecule has 1 aliphatic rings. The first-order valence-corrected chi connectivity index (χ1v) is 7.00. The number of carbonyl (C=O) groups is 1. The zero-order valence-corrected chi connectivity index (χ0v) is 12.1. The fourth-order valence-corrected chi connectivity index (χ4v) is 2.33. The normalized spacial score (nSPS) is 19.0. The van der Waals surface area contributed by atoms with Gasteiger partial charge in [0, 0.05) is 23.9 Å². The molecule has 3 rings (SSSR count). The van der Waals surface area contributed by atoms with Crippen molar-refractivity contribution in [2.45, 2.75) is 18.5 Å². The van der Waals surface area contributed by atoms with Gasteiger partial charge in [-0.3, -0.25) is 9.78 Å². The van der Waals surface area contributed by atoms with Gasteiger partial charge in [0.25, 0.3) is 5.92 Å². The Hall–Kier alpha value is -2.51. The second-order valence-corrected chi connectivity index (χ2v) is 5.48. The Bertz CT molecular complexity index is 774. The van der Waals surface area contributed by atoms with E-state index >= 15 is 0 Å². The fourth-order valence-electron chi connectivity index (χ4n) is 2.33. The Morgan fingerprint density at radius 2 is 1.92 bits per heavy atom. The molecule has 2 aromatic rings. The summed E-state index contributed by atoms with van der Waals surface area (Å²) in [4.78, 5) is 15.6. The van der Waals surface area contributed by atoms with Gasteiger partial charge in [-0.2, -0.15) is 13.2 Å². The summed E-state index contributed by atoms with van der Waals surface area (Å²) in [5.74, 6) is -5.38. The van der Waals surface area contributed by atoms with Gasteiger partial charge in [-0.15, -0.1) is 0 Å². The summed E-state index contributed by atoms with van der Waals surface area (Å²) < 4.78 is 65.3.